The lowest BCUT2D eigenvalue weighted by molar-refractivity contribution is 1.14. The van der Waals surface area contributed by atoms with Gasteiger partial charge in [-0.3, -0.25) is 0 Å². The van der Waals surface area contributed by atoms with Gasteiger partial charge in [-0.05, 0) is 36.2 Å². The van der Waals surface area contributed by atoms with Gasteiger partial charge in [-0.15, -0.1) is 0 Å². The molecular formula is C13H16N4. The van der Waals surface area contributed by atoms with Gasteiger partial charge in [-0.25, -0.2) is 4.98 Å². The molecule has 0 amide bonds. The van der Waals surface area contributed by atoms with Crippen molar-refractivity contribution in [2.75, 3.05) is 16.8 Å². The first-order valence-electron chi connectivity index (χ1n) is 5.57. The highest BCUT2D eigenvalue weighted by Gasteiger charge is 1.99. The summed E-state index contributed by atoms with van der Waals surface area (Å²) in [6, 6.07) is 11.8. The Morgan fingerprint density at radius 1 is 1.06 bits per heavy atom. The molecule has 0 radical (unpaired) electrons. The molecule has 0 saturated heterocycles. The highest BCUT2D eigenvalue weighted by Crippen LogP contribution is 2.19. The molecule has 0 fully saturated rings. The summed E-state index contributed by atoms with van der Waals surface area (Å²) in [6.45, 7) is 2.13. The second-order valence-electron chi connectivity index (χ2n) is 3.85. The van der Waals surface area contributed by atoms with Crippen LogP contribution in [0.3, 0.4) is 0 Å². The van der Waals surface area contributed by atoms with Gasteiger partial charge in [0, 0.05) is 5.69 Å². The molecule has 0 aliphatic rings. The molecule has 5 N–H and O–H groups in total. The first-order valence-corrected chi connectivity index (χ1v) is 5.57. The van der Waals surface area contributed by atoms with Gasteiger partial charge in [0.2, 0.25) is 0 Å². The number of nitrogens with two attached hydrogens (primary N) is 2. The van der Waals surface area contributed by atoms with Crippen LogP contribution in [-0.4, -0.2) is 4.98 Å². The summed E-state index contributed by atoms with van der Waals surface area (Å²) in [5.41, 5.74) is 14.0. The Morgan fingerprint density at radius 3 is 2.35 bits per heavy atom. The molecule has 0 bridgehead atoms. The predicted octanol–water partition coefficient (Wildman–Crippen LogP) is 2.55. The Labute approximate surface area is 101 Å². The molecule has 1 aromatic carbocycles. The number of nitrogens with zero attached hydrogens (tertiary/aromatic N) is 1. The number of rotatable bonds is 3. The van der Waals surface area contributed by atoms with Gasteiger partial charge in [0.15, 0.2) is 0 Å². The topological polar surface area (TPSA) is 77.0 Å². The Hall–Kier alpha value is -2.23. The molecule has 0 aliphatic carbocycles. The molecule has 1 aromatic heterocycles. The minimum Gasteiger partial charge on any atom is -0.396 e. The maximum atomic E-state index is 5.64. The predicted molar refractivity (Wildman–Crippen MR) is 72.2 cm³/mol. The number of nitrogen functional groups attached to an aromatic ring is 2. The molecule has 2 aromatic rings. The van der Waals surface area contributed by atoms with Crippen LogP contribution in [0.5, 0.6) is 0 Å². The van der Waals surface area contributed by atoms with E-state index in [9.17, 15) is 0 Å². The van der Waals surface area contributed by atoms with Crippen molar-refractivity contribution in [2.45, 2.75) is 13.3 Å². The average molecular weight is 228 g/mol. The number of aromatic nitrogens is 1. The number of benzene rings is 1. The standard InChI is InChI=1S/C13H16N4/c1-2-9-3-5-10(6-4-9)16-12-8-7-11(14)13(15)17-12/h3-8H,2,14H2,1H3,(H3,15,16,17). The first-order chi connectivity index (χ1) is 8.19. The molecule has 0 saturated carbocycles. The summed E-state index contributed by atoms with van der Waals surface area (Å²) in [5.74, 6) is 1.04. The molecule has 4 nitrogen and oxygen atoms in total. The van der Waals surface area contributed by atoms with E-state index in [4.69, 9.17) is 11.5 Å². The van der Waals surface area contributed by atoms with Crippen LogP contribution in [0.25, 0.3) is 0 Å². The van der Waals surface area contributed by atoms with Gasteiger partial charge < -0.3 is 16.8 Å². The fraction of sp³-hybridized carbons (Fsp3) is 0.154. The number of hydrogen-bond donors (Lipinski definition) is 3. The monoisotopic (exact) mass is 228 g/mol. The Bertz CT molecular complexity index is 505. The van der Waals surface area contributed by atoms with E-state index in [1.807, 2.05) is 12.1 Å². The lowest BCUT2D eigenvalue weighted by Crippen LogP contribution is -2.01. The highest BCUT2D eigenvalue weighted by molar-refractivity contribution is 5.65. The van der Waals surface area contributed by atoms with Crippen molar-refractivity contribution in [3.63, 3.8) is 0 Å². The van der Waals surface area contributed by atoms with E-state index in [0.29, 0.717) is 17.3 Å². The van der Waals surface area contributed by atoms with Crippen molar-refractivity contribution < 1.29 is 0 Å². The fourth-order valence-corrected chi connectivity index (χ4v) is 1.53. The van der Waals surface area contributed by atoms with Crippen molar-refractivity contribution in [2.24, 2.45) is 0 Å². The van der Waals surface area contributed by atoms with Gasteiger partial charge in [0.25, 0.3) is 0 Å². The van der Waals surface area contributed by atoms with E-state index in [0.717, 1.165) is 12.1 Å². The van der Waals surface area contributed by atoms with Gasteiger partial charge >= 0.3 is 0 Å². The molecule has 0 unspecified atom stereocenters. The second-order valence-corrected chi connectivity index (χ2v) is 3.85. The number of aryl methyl sites for hydroxylation is 1. The van der Waals surface area contributed by atoms with Gasteiger partial charge in [0.05, 0.1) is 5.69 Å². The summed E-state index contributed by atoms with van der Waals surface area (Å²) in [5, 5.41) is 3.18. The second kappa shape index (κ2) is 4.74. The third kappa shape index (κ3) is 2.66. The summed E-state index contributed by atoms with van der Waals surface area (Å²) in [7, 11) is 0. The summed E-state index contributed by atoms with van der Waals surface area (Å²) in [4.78, 5) is 4.15. The van der Waals surface area contributed by atoms with E-state index in [1.165, 1.54) is 5.56 Å². The van der Waals surface area contributed by atoms with Crippen LogP contribution in [0.1, 0.15) is 12.5 Å². The van der Waals surface area contributed by atoms with Crippen molar-refractivity contribution in [1.82, 2.24) is 4.98 Å². The van der Waals surface area contributed by atoms with E-state index in [2.05, 4.69) is 29.4 Å². The molecule has 88 valence electrons. The molecular weight excluding hydrogens is 212 g/mol. The maximum absolute atomic E-state index is 5.64. The van der Waals surface area contributed by atoms with Crippen LogP contribution >= 0.6 is 0 Å². The first kappa shape index (κ1) is 11.3. The molecule has 0 aliphatic heterocycles. The molecule has 1 heterocycles. The zero-order valence-electron chi connectivity index (χ0n) is 9.77. The van der Waals surface area contributed by atoms with Crippen molar-refractivity contribution in [3.05, 3.63) is 42.0 Å². The zero-order chi connectivity index (χ0) is 12.3. The minimum atomic E-state index is 0.347. The summed E-state index contributed by atoms with van der Waals surface area (Å²) < 4.78 is 0. The van der Waals surface area contributed by atoms with Gasteiger partial charge in [-0.1, -0.05) is 19.1 Å². The van der Waals surface area contributed by atoms with E-state index >= 15 is 0 Å². The fourth-order valence-electron chi connectivity index (χ4n) is 1.53. The molecule has 4 heteroatoms. The van der Waals surface area contributed by atoms with Crippen LogP contribution in [0.2, 0.25) is 0 Å². The minimum absolute atomic E-state index is 0.347. The maximum Gasteiger partial charge on any atom is 0.149 e. The average Bonchev–Trinajstić information content (AvgIpc) is 2.35. The van der Waals surface area contributed by atoms with Crippen molar-refractivity contribution in [3.8, 4) is 0 Å². The van der Waals surface area contributed by atoms with Crippen LogP contribution in [-0.2, 0) is 6.42 Å². The van der Waals surface area contributed by atoms with Crippen LogP contribution in [0.4, 0.5) is 23.0 Å². The van der Waals surface area contributed by atoms with Crippen LogP contribution < -0.4 is 16.8 Å². The summed E-state index contributed by atoms with van der Waals surface area (Å²) >= 11 is 0. The number of nitrogens with one attached hydrogen (secondary N) is 1. The summed E-state index contributed by atoms with van der Waals surface area (Å²) in [6.07, 6.45) is 1.04. The SMILES string of the molecule is CCc1ccc(Nc2ccc(N)c(N)n2)cc1. The smallest absolute Gasteiger partial charge is 0.149 e. The normalized spacial score (nSPS) is 10.2. The third-order valence-electron chi connectivity index (χ3n) is 2.59. The van der Waals surface area contributed by atoms with E-state index < -0.39 is 0 Å². The Morgan fingerprint density at radius 2 is 1.76 bits per heavy atom. The van der Waals surface area contributed by atoms with Gasteiger partial charge in [-0.2, -0.15) is 0 Å². The number of hydrogen-bond acceptors (Lipinski definition) is 4. The largest absolute Gasteiger partial charge is 0.396 e. The van der Waals surface area contributed by atoms with E-state index in [-0.39, 0.29) is 0 Å². The van der Waals surface area contributed by atoms with Crippen molar-refractivity contribution in [1.29, 1.82) is 0 Å². The Balaban J connectivity index is 2.16. The van der Waals surface area contributed by atoms with Crippen molar-refractivity contribution >= 4 is 23.0 Å². The molecule has 2 rings (SSSR count). The van der Waals surface area contributed by atoms with Gasteiger partial charge in [0.1, 0.15) is 11.6 Å². The van der Waals surface area contributed by atoms with Crippen LogP contribution in [0, 0.1) is 0 Å². The quantitative estimate of drug-likeness (QED) is 0.754. The molecule has 17 heavy (non-hydrogen) atoms. The number of pyridine rings is 1. The molecule has 0 spiro atoms. The third-order valence-corrected chi connectivity index (χ3v) is 2.59. The lowest BCUT2D eigenvalue weighted by Gasteiger charge is -2.07. The zero-order valence-corrected chi connectivity index (χ0v) is 9.77. The Kier molecular flexibility index (Phi) is 3.14. The highest BCUT2D eigenvalue weighted by atomic mass is 15.0. The number of anilines is 4. The molecule has 0 atom stereocenters. The van der Waals surface area contributed by atoms with Crippen LogP contribution in [0.15, 0.2) is 36.4 Å². The lowest BCUT2D eigenvalue weighted by atomic mass is 10.1. The van der Waals surface area contributed by atoms with E-state index in [1.54, 1.807) is 12.1 Å².